The standard InChI is InChI=1S/C23H26N2O4S/c1-15(2)29-19-13-21(26)25-11-10-24(9-8-18(25)22(19)23(27)28-3)14-17-12-16-6-4-5-7-20(16)30-17/h4-7,12-13,15H,8-11,14H2,1-3H3. The number of pyridine rings is 1. The van der Waals surface area contributed by atoms with Crippen LogP contribution in [0.2, 0.25) is 0 Å². The van der Waals surface area contributed by atoms with Gasteiger partial charge in [-0.1, -0.05) is 18.2 Å². The summed E-state index contributed by atoms with van der Waals surface area (Å²) in [6.07, 6.45) is 0.436. The van der Waals surface area contributed by atoms with E-state index >= 15 is 0 Å². The SMILES string of the molecule is COC(=O)c1c(OC(C)C)cc(=O)n2c1CCN(Cc1cc3ccccc3s1)CC2. The summed E-state index contributed by atoms with van der Waals surface area (Å²) in [6, 6.07) is 12.0. The molecule has 0 saturated carbocycles. The number of nitrogens with zero attached hydrogens (tertiary/aromatic N) is 2. The molecule has 0 N–H and O–H groups in total. The minimum Gasteiger partial charge on any atom is -0.490 e. The quantitative estimate of drug-likeness (QED) is 0.583. The topological polar surface area (TPSA) is 60.8 Å². The summed E-state index contributed by atoms with van der Waals surface area (Å²) in [5.41, 5.74) is 0.926. The fraction of sp³-hybridized carbons (Fsp3) is 0.391. The highest BCUT2D eigenvalue weighted by molar-refractivity contribution is 7.19. The molecule has 0 saturated heterocycles. The number of fused-ring (bicyclic) bond motifs is 2. The van der Waals surface area contributed by atoms with Crippen LogP contribution in [0, 0.1) is 0 Å². The first-order chi connectivity index (χ1) is 14.5. The molecule has 0 aliphatic carbocycles. The van der Waals surface area contributed by atoms with Gasteiger partial charge in [0.2, 0.25) is 0 Å². The molecule has 0 spiro atoms. The number of esters is 1. The van der Waals surface area contributed by atoms with Gasteiger partial charge in [-0.05, 0) is 31.4 Å². The Kier molecular flexibility index (Phi) is 5.92. The number of methoxy groups -OCH3 is 1. The van der Waals surface area contributed by atoms with Crippen LogP contribution in [0.5, 0.6) is 5.75 Å². The van der Waals surface area contributed by atoms with E-state index in [9.17, 15) is 9.59 Å². The number of rotatable bonds is 5. The highest BCUT2D eigenvalue weighted by atomic mass is 32.1. The van der Waals surface area contributed by atoms with Crippen molar-refractivity contribution in [3.05, 3.63) is 62.9 Å². The van der Waals surface area contributed by atoms with Crippen LogP contribution in [0.1, 0.15) is 34.8 Å². The van der Waals surface area contributed by atoms with Crippen molar-refractivity contribution < 1.29 is 14.3 Å². The summed E-state index contributed by atoms with van der Waals surface area (Å²) in [5.74, 6) is -0.154. The Morgan fingerprint density at radius 2 is 1.97 bits per heavy atom. The van der Waals surface area contributed by atoms with E-state index in [-0.39, 0.29) is 11.7 Å². The van der Waals surface area contributed by atoms with Crippen molar-refractivity contribution in [2.24, 2.45) is 0 Å². The van der Waals surface area contributed by atoms with E-state index < -0.39 is 5.97 Å². The smallest absolute Gasteiger partial charge is 0.343 e. The molecule has 2 aromatic heterocycles. The van der Waals surface area contributed by atoms with Crippen molar-refractivity contribution >= 4 is 27.4 Å². The Morgan fingerprint density at radius 3 is 2.70 bits per heavy atom. The molecule has 1 aliphatic heterocycles. The zero-order chi connectivity index (χ0) is 21.3. The van der Waals surface area contributed by atoms with Crippen LogP contribution in [0.4, 0.5) is 0 Å². The number of carbonyl (C=O) groups is 1. The molecule has 0 amide bonds. The van der Waals surface area contributed by atoms with Gasteiger partial charge in [0.15, 0.2) is 0 Å². The summed E-state index contributed by atoms with van der Waals surface area (Å²) in [5, 5.41) is 1.26. The van der Waals surface area contributed by atoms with E-state index in [2.05, 4.69) is 35.2 Å². The molecular formula is C23H26N2O4S. The molecular weight excluding hydrogens is 400 g/mol. The van der Waals surface area contributed by atoms with Crippen LogP contribution in [0.3, 0.4) is 0 Å². The molecule has 3 heterocycles. The highest BCUT2D eigenvalue weighted by Gasteiger charge is 2.26. The third kappa shape index (κ3) is 4.13. The molecule has 158 valence electrons. The van der Waals surface area contributed by atoms with Crippen molar-refractivity contribution in [3.63, 3.8) is 0 Å². The average molecular weight is 427 g/mol. The third-order valence-electron chi connectivity index (χ3n) is 5.29. The van der Waals surface area contributed by atoms with E-state index in [0.29, 0.717) is 30.0 Å². The molecule has 1 aliphatic rings. The maximum absolute atomic E-state index is 12.8. The molecule has 0 radical (unpaired) electrons. The van der Waals surface area contributed by atoms with Gasteiger partial charge in [-0.3, -0.25) is 9.69 Å². The summed E-state index contributed by atoms with van der Waals surface area (Å²) >= 11 is 1.80. The van der Waals surface area contributed by atoms with Crippen LogP contribution >= 0.6 is 11.3 Å². The van der Waals surface area contributed by atoms with E-state index in [4.69, 9.17) is 9.47 Å². The van der Waals surface area contributed by atoms with Crippen LogP contribution < -0.4 is 10.3 Å². The van der Waals surface area contributed by atoms with Crippen LogP contribution in [-0.2, 0) is 24.2 Å². The first kappa shape index (κ1) is 20.6. The number of aromatic nitrogens is 1. The second-order valence-electron chi connectivity index (χ2n) is 7.76. The Bertz CT molecular complexity index is 1100. The van der Waals surface area contributed by atoms with Gasteiger partial charge in [0.25, 0.3) is 5.56 Å². The molecule has 30 heavy (non-hydrogen) atoms. The normalized spacial score (nSPS) is 14.5. The number of benzene rings is 1. The molecule has 3 aromatic rings. The van der Waals surface area contributed by atoms with Gasteiger partial charge < -0.3 is 14.0 Å². The second-order valence-corrected chi connectivity index (χ2v) is 8.92. The van der Waals surface area contributed by atoms with Crippen LogP contribution in [-0.4, -0.2) is 41.7 Å². The Hall–Kier alpha value is -2.64. The van der Waals surface area contributed by atoms with Crippen LogP contribution in [0.25, 0.3) is 10.1 Å². The van der Waals surface area contributed by atoms with Gasteiger partial charge in [0, 0.05) is 53.9 Å². The first-order valence-corrected chi connectivity index (χ1v) is 11.0. The zero-order valence-electron chi connectivity index (χ0n) is 17.5. The lowest BCUT2D eigenvalue weighted by Gasteiger charge is -2.18. The second kappa shape index (κ2) is 8.62. The lowest BCUT2D eigenvalue weighted by molar-refractivity contribution is 0.0591. The van der Waals surface area contributed by atoms with E-state index in [1.807, 2.05) is 13.8 Å². The third-order valence-corrected chi connectivity index (χ3v) is 6.40. The summed E-state index contributed by atoms with van der Waals surface area (Å²) in [7, 11) is 1.36. The molecule has 0 bridgehead atoms. The molecule has 6 nitrogen and oxygen atoms in total. The Balaban J connectivity index is 1.62. The molecule has 4 rings (SSSR count). The van der Waals surface area contributed by atoms with E-state index in [0.717, 1.165) is 19.6 Å². The fourth-order valence-corrected chi connectivity index (χ4v) is 5.06. The molecule has 0 unspecified atom stereocenters. The largest absolute Gasteiger partial charge is 0.490 e. The minimum absolute atomic E-state index is 0.142. The number of thiophene rings is 1. The fourth-order valence-electron chi connectivity index (χ4n) is 3.96. The summed E-state index contributed by atoms with van der Waals surface area (Å²) < 4.78 is 13.8. The van der Waals surface area contributed by atoms with Gasteiger partial charge in [0.05, 0.1) is 13.2 Å². The van der Waals surface area contributed by atoms with Gasteiger partial charge >= 0.3 is 5.97 Å². The van der Waals surface area contributed by atoms with Crippen molar-refractivity contribution in [1.29, 1.82) is 0 Å². The maximum atomic E-state index is 12.8. The van der Waals surface area contributed by atoms with Gasteiger partial charge in [-0.2, -0.15) is 0 Å². The van der Waals surface area contributed by atoms with Crippen molar-refractivity contribution in [1.82, 2.24) is 9.47 Å². The predicted molar refractivity (Wildman–Crippen MR) is 119 cm³/mol. The van der Waals surface area contributed by atoms with Gasteiger partial charge in [-0.25, -0.2) is 4.79 Å². The number of hydrogen-bond acceptors (Lipinski definition) is 6. The molecule has 1 aromatic carbocycles. The minimum atomic E-state index is -0.465. The highest BCUT2D eigenvalue weighted by Crippen LogP contribution is 2.28. The molecule has 0 atom stereocenters. The first-order valence-electron chi connectivity index (χ1n) is 10.2. The Morgan fingerprint density at radius 1 is 1.17 bits per heavy atom. The van der Waals surface area contributed by atoms with Gasteiger partial charge in [0.1, 0.15) is 11.3 Å². The molecule has 7 heteroatoms. The van der Waals surface area contributed by atoms with Crippen LogP contribution in [0.15, 0.2) is 41.2 Å². The number of hydrogen-bond donors (Lipinski definition) is 0. The number of carbonyl (C=O) groups excluding carboxylic acids is 1. The Labute approximate surface area is 179 Å². The summed E-state index contributed by atoms with van der Waals surface area (Å²) in [4.78, 5) is 29.0. The molecule has 0 fully saturated rings. The van der Waals surface area contributed by atoms with Crippen molar-refractivity contribution in [2.45, 2.75) is 39.5 Å². The predicted octanol–water partition coefficient (Wildman–Crippen LogP) is 3.70. The monoisotopic (exact) mass is 426 g/mol. The maximum Gasteiger partial charge on any atom is 0.343 e. The van der Waals surface area contributed by atoms with Crippen molar-refractivity contribution in [3.8, 4) is 5.75 Å². The summed E-state index contributed by atoms with van der Waals surface area (Å²) in [6.45, 7) is 6.60. The number of ether oxygens (including phenoxy) is 2. The van der Waals surface area contributed by atoms with E-state index in [1.54, 1.807) is 15.9 Å². The van der Waals surface area contributed by atoms with Crippen molar-refractivity contribution in [2.75, 3.05) is 20.2 Å². The average Bonchev–Trinajstić information content (AvgIpc) is 3.00. The van der Waals surface area contributed by atoms with Gasteiger partial charge in [-0.15, -0.1) is 11.3 Å². The van der Waals surface area contributed by atoms with E-state index in [1.165, 1.54) is 28.1 Å². The zero-order valence-corrected chi connectivity index (χ0v) is 18.3. The lowest BCUT2D eigenvalue weighted by atomic mass is 10.1. The lowest BCUT2D eigenvalue weighted by Crippen LogP contribution is -2.29.